The highest BCUT2D eigenvalue weighted by atomic mass is 16.2. The maximum atomic E-state index is 11.2. The zero-order valence-corrected chi connectivity index (χ0v) is 8.16. The number of nitrogens with zero attached hydrogens (tertiary/aromatic N) is 1. The second-order valence-electron chi connectivity index (χ2n) is 2.93. The predicted octanol–water partition coefficient (Wildman–Crippen LogP) is 1.75. The third kappa shape index (κ3) is 2.21. The Hall–Kier alpha value is -1.51. The minimum Gasteiger partial charge on any atom is -0.268 e. The van der Waals surface area contributed by atoms with Crippen molar-refractivity contribution in [3.8, 4) is 0 Å². The van der Waals surface area contributed by atoms with Gasteiger partial charge in [0.25, 0.3) is 5.91 Å². The van der Waals surface area contributed by atoms with E-state index in [-0.39, 0.29) is 5.91 Å². The molecule has 0 aliphatic rings. The summed E-state index contributed by atoms with van der Waals surface area (Å²) in [4.78, 5) is 11.2. The Morgan fingerprint density at radius 1 is 1.38 bits per heavy atom. The standard InChI is InChI=1S/C10H14N2O/c1-4-5-10(13)11-12-8(2)6-7-9(12)3/h4-7H,1-3H3,(H,11,13)/b5-4+. The maximum absolute atomic E-state index is 11.2. The van der Waals surface area contributed by atoms with E-state index < -0.39 is 0 Å². The van der Waals surface area contributed by atoms with Gasteiger partial charge >= 0.3 is 0 Å². The number of allylic oxidation sites excluding steroid dienone is 1. The van der Waals surface area contributed by atoms with Gasteiger partial charge in [0.05, 0.1) is 0 Å². The highest BCUT2D eigenvalue weighted by molar-refractivity contribution is 5.94. The largest absolute Gasteiger partial charge is 0.268 e. The van der Waals surface area contributed by atoms with Crippen LogP contribution in [0.2, 0.25) is 0 Å². The summed E-state index contributed by atoms with van der Waals surface area (Å²) in [6.07, 6.45) is 3.21. The molecule has 0 saturated carbocycles. The maximum Gasteiger partial charge on any atom is 0.262 e. The van der Waals surface area contributed by atoms with E-state index in [4.69, 9.17) is 0 Å². The van der Waals surface area contributed by atoms with Crippen molar-refractivity contribution in [3.63, 3.8) is 0 Å². The summed E-state index contributed by atoms with van der Waals surface area (Å²) in [5, 5.41) is 0. The summed E-state index contributed by atoms with van der Waals surface area (Å²) < 4.78 is 1.77. The van der Waals surface area contributed by atoms with Crippen molar-refractivity contribution in [3.05, 3.63) is 35.7 Å². The molecule has 1 heterocycles. The molecule has 0 radical (unpaired) electrons. The molecule has 0 spiro atoms. The van der Waals surface area contributed by atoms with Crippen LogP contribution in [-0.2, 0) is 4.79 Å². The molecule has 70 valence electrons. The Morgan fingerprint density at radius 2 is 1.92 bits per heavy atom. The minimum absolute atomic E-state index is 0.107. The number of amides is 1. The van der Waals surface area contributed by atoms with Gasteiger partial charge in [0, 0.05) is 17.5 Å². The normalized spacial score (nSPS) is 10.7. The Balaban J connectivity index is 2.79. The molecule has 13 heavy (non-hydrogen) atoms. The van der Waals surface area contributed by atoms with Crippen LogP contribution in [0.5, 0.6) is 0 Å². The van der Waals surface area contributed by atoms with Crippen LogP contribution in [0.4, 0.5) is 0 Å². The monoisotopic (exact) mass is 178 g/mol. The average molecular weight is 178 g/mol. The van der Waals surface area contributed by atoms with Crippen LogP contribution in [0.1, 0.15) is 18.3 Å². The zero-order valence-electron chi connectivity index (χ0n) is 8.16. The fourth-order valence-electron chi connectivity index (χ4n) is 1.14. The number of carbonyl (C=O) groups excluding carboxylic acids is 1. The Bertz CT molecular complexity index is 317. The van der Waals surface area contributed by atoms with Crippen LogP contribution in [-0.4, -0.2) is 10.6 Å². The molecular weight excluding hydrogens is 164 g/mol. The summed E-state index contributed by atoms with van der Waals surface area (Å²) in [5.74, 6) is -0.107. The van der Waals surface area contributed by atoms with Crippen LogP contribution in [0.15, 0.2) is 24.3 Å². The lowest BCUT2D eigenvalue weighted by atomic mass is 10.5. The van der Waals surface area contributed by atoms with Crippen LogP contribution in [0.25, 0.3) is 0 Å². The molecule has 0 saturated heterocycles. The van der Waals surface area contributed by atoms with E-state index in [2.05, 4.69) is 5.43 Å². The Morgan fingerprint density at radius 3 is 2.38 bits per heavy atom. The van der Waals surface area contributed by atoms with Crippen molar-refractivity contribution in [1.82, 2.24) is 4.68 Å². The first-order valence-corrected chi connectivity index (χ1v) is 4.23. The molecule has 0 aliphatic heterocycles. The van der Waals surface area contributed by atoms with E-state index in [0.717, 1.165) is 11.4 Å². The molecule has 0 aromatic carbocycles. The molecule has 3 heteroatoms. The van der Waals surface area contributed by atoms with Gasteiger partial charge in [-0.05, 0) is 32.9 Å². The highest BCUT2D eigenvalue weighted by Gasteiger charge is 2.01. The summed E-state index contributed by atoms with van der Waals surface area (Å²) in [7, 11) is 0. The third-order valence-electron chi connectivity index (χ3n) is 1.81. The van der Waals surface area contributed by atoms with Crippen molar-refractivity contribution in [1.29, 1.82) is 0 Å². The highest BCUT2D eigenvalue weighted by Crippen LogP contribution is 2.03. The summed E-state index contributed by atoms with van der Waals surface area (Å²) in [5.41, 5.74) is 4.80. The molecule has 0 bridgehead atoms. The first-order valence-electron chi connectivity index (χ1n) is 4.23. The topological polar surface area (TPSA) is 34.0 Å². The van der Waals surface area contributed by atoms with Crippen molar-refractivity contribution in [2.24, 2.45) is 0 Å². The van der Waals surface area contributed by atoms with Crippen molar-refractivity contribution < 1.29 is 4.79 Å². The molecule has 0 aliphatic carbocycles. The quantitative estimate of drug-likeness (QED) is 0.688. The second-order valence-corrected chi connectivity index (χ2v) is 2.93. The second kappa shape index (κ2) is 3.94. The van der Waals surface area contributed by atoms with Gasteiger partial charge in [-0.15, -0.1) is 0 Å². The Labute approximate surface area is 78.0 Å². The van der Waals surface area contributed by atoms with Gasteiger partial charge in [0.15, 0.2) is 0 Å². The molecular formula is C10H14N2O. The molecule has 1 N–H and O–H groups in total. The van der Waals surface area contributed by atoms with E-state index in [0.29, 0.717) is 0 Å². The van der Waals surface area contributed by atoms with Gasteiger partial charge in [0.2, 0.25) is 0 Å². The number of nitrogens with one attached hydrogen (secondary N) is 1. The van der Waals surface area contributed by atoms with Crippen LogP contribution in [0, 0.1) is 13.8 Å². The lowest BCUT2D eigenvalue weighted by Crippen LogP contribution is -2.22. The summed E-state index contributed by atoms with van der Waals surface area (Å²) in [6.45, 7) is 5.71. The first kappa shape index (κ1) is 9.58. The molecule has 0 fully saturated rings. The molecule has 3 nitrogen and oxygen atoms in total. The molecule has 0 unspecified atom stereocenters. The van der Waals surface area contributed by atoms with Crippen molar-refractivity contribution in [2.45, 2.75) is 20.8 Å². The van der Waals surface area contributed by atoms with Gasteiger partial charge in [0.1, 0.15) is 0 Å². The Kier molecular flexibility index (Phi) is 2.90. The number of carbonyl (C=O) groups is 1. The van der Waals surface area contributed by atoms with Crippen LogP contribution < -0.4 is 5.43 Å². The predicted molar refractivity (Wildman–Crippen MR) is 53.1 cm³/mol. The molecule has 1 rings (SSSR count). The van der Waals surface area contributed by atoms with Crippen molar-refractivity contribution in [2.75, 3.05) is 5.43 Å². The number of aromatic nitrogens is 1. The average Bonchev–Trinajstić information content (AvgIpc) is 2.36. The van der Waals surface area contributed by atoms with Gasteiger partial charge in [-0.1, -0.05) is 6.08 Å². The van der Waals surface area contributed by atoms with Gasteiger partial charge in [-0.2, -0.15) is 0 Å². The number of hydrogen-bond acceptors (Lipinski definition) is 1. The summed E-state index contributed by atoms with van der Waals surface area (Å²) in [6, 6.07) is 3.93. The van der Waals surface area contributed by atoms with Crippen molar-refractivity contribution >= 4 is 5.91 Å². The summed E-state index contributed by atoms with van der Waals surface area (Å²) >= 11 is 0. The first-order chi connectivity index (χ1) is 6.15. The molecule has 1 aromatic heterocycles. The molecule has 0 atom stereocenters. The number of hydrogen-bond donors (Lipinski definition) is 1. The van der Waals surface area contributed by atoms with E-state index in [1.807, 2.05) is 32.9 Å². The van der Waals surface area contributed by atoms with E-state index >= 15 is 0 Å². The SMILES string of the molecule is C/C=C/C(=O)Nn1c(C)ccc1C. The number of aryl methyl sites for hydroxylation is 2. The van der Waals surface area contributed by atoms with Gasteiger partial charge in [-0.25, -0.2) is 0 Å². The lowest BCUT2D eigenvalue weighted by molar-refractivity contribution is -0.112. The fraction of sp³-hybridized carbons (Fsp3) is 0.300. The zero-order chi connectivity index (χ0) is 9.84. The minimum atomic E-state index is -0.107. The molecule has 1 amide bonds. The van der Waals surface area contributed by atoms with E-state index in [1.165, 1.54) is 6.08 Å². The lowest BCUT2D eigenvalue weighted by Gasteiger charge is -2.08. The number of rotatable bonds is 2. The van der Waals surface area contributed by atoms with Gasteiger partial charge < -0.3 is 0 Å². The smallest absolute Gasteiger partial charge is 0.262 e. The fourth-order valence-corrected chi connectivity index (χ4v) is 1.14. The van der Waals surface area contributed by atoms with Gasteiger partial charge in [-0.3, -0.25) is 14.9 Å². The van der Waals surface area contributed by atoms with Crippen LogP contribution >= 0.6 is 0 Å². The van der Waals surface area contributed by atoms with E-state index in [1.54, 1.807) is 10.8 Å². The van der Waals surface area contributed by atoms with E-state index in [9.17, 15) is 4.79 Å². The third-order valence-corrected chi connectivity index (χ3v) is 1.81. The molecule has 1 aromatic rings. The van der Waals surface area contributed by atoms with Crippen LogP contribution in [0.3, 0.4) is 0 Å².